The number of benzene rings is 3. The predicted octanol–water partition coefficient (Wildman–Crippen LogP) is 4.17. The van der Waals surface area contributed by atoms with E-state index in [2.05, 4.69) is 10.1 Å². The topological polar surface area (TPSA) is 65.7 Å². The van der Waals surface area contributed by atoms with Crippen LogP contribution in [0.2, 0.25) is 0 Å². The van der Waals surface area contributed by atoms with E-state index in [0.717, 1.165) is 22.6 Å². The van der Waals surface area contributed by atoms with Gasteiger partial charge in [0.05, 0.1) is 17.2 Å². The number of rotatable bonds is 5. The number of thiazole rings is 1. The van der Waals surface area contributed by atoms with Crippen molar-refractivity contribution in [2.45, 2.75) is 0 Å². The Hall–Kier alpha value is -3.97. The minimum absolute atomic E-state index is 0.198. The molecule has 0 saturated carbocycles. The maximum atomic E-state index is 12.9. The first kappa shape index (κ1) is 19.0. The largest absolute Gasteiger partial charge is 0.497 e. The molecule has 152 valence electrons. The summed E-state index contributed by atoms with van der Waals surface area (Å²) in [5.41, 5.74) is 1.43. The van der Waals surface area contributed by atoms with Crippen LogP contribution in [0.15, 0.2) is 83.7 Å². The predicted molar refractivity (Wildman–Crippen MR) is 121 cm³/mol. The van der Waals surface area contributed by atoms with Gasteiger partial charge in [0.1, 0.15) is 17.2 Å². The quantitative estimate of drug-likeness (QED) is 0.421. The summed E-state index contributed by atoms with van der Waals surface area (Å²) in [6.07, 6.45) is 1.83. The van der Waals surface area contributed by atoms with Crippen LogP contribution in [0.1, 0.15) is 5.56 Å². The summed E-state index contributed by atoms with van der Waals surface area (Å²) in [5, 5.41) is 4.46. The number of fused-ring (bicyclic) bond motifs is 1. The van der Waals surface area contributed by atoms with Gasteiger partial charge in [0.15, 0.2) is 5.82 Å². The molecule has 0 radical (unpaired) electrons. The highest BCUT2D eigenvalue weighted by atomic mass is 32.1. The van der Waals surface area contributed by atoms with Crippen molar-refractivity contribution in [2.24, 2.45) is 0 Å². The molecule has 0 N–H and O–H groups in total. The van der Waals surface area contributed by atoms with E-state index in [0.29, 0.717) is 21.1 Å². The minimum Gasteiger partial charge on any atom is -0.497 e. The van der Waals surface area contributed by atoms with E-state index < -0.39 is 0 Å². The van der Waals surface area contributed by atoms with E-state index in [-0.39, 0.29) is 5.56 Å². The van der Waals surface area contributed by atoms with Crippen LogP contribution in [0.3, 0.4) is 0 Å². The molecular weight excluding hydrogens is 410 g/mol. The molecule has 0 spiro atoms. The van der Waals surface area contributed by atoms with Crippen LogP contribution in [0.5, 0.6) is 17.2 Å². The normalized spacial score (nSPS) is 11.7. The zero-order chi connectivity index (χ0) is 21.2. The lowest BCUT2D eigenvalue weighted by Crippen LogP contribution is -2.23. The van der Waals surface area contributed by atoms with Crippen LogP contribution in [-0.2, 0) is 0 Å². The van der Waals surface area contributed by atoms with E-state index in [1.54, 1.807) is 7.11 Å². The maximum Gasteiger partial charge on any atom is 0.291 e. The molecule has 0 bridgehead atoms. The molecule has 0 unspecified atom stereocenters. The van der Waals surface area contributed by atoms with Crippen LogP contribution >= 0.6 is 11.3 Å². The van der Waals surface area contributed by atoms with Crippen molar-refractivity contribution in [1.29, 1.82) is 0 Å². The van der Waals surface area contributed by atoms with Crippen molar-refractivity contribution in [1.82, 2.24) is 14.6 Å². The second-order valence-electron chi connectivity index (χ2n) is 6.73. The third-order valence-corrected chi connectivity index (χ3v) is 5.65. The summed E-state index contributed by atoms with van der Waals surface area (Å²) in [6.45, 7) is 0. The molecular formula is C24H17N3O3S. The summed E-state index contributed by atoms with van der Waals surface area (Å²) in [6, 6.07) is 24.5. The zero-order valence-electron chi connectivity index (χ0n) is 16.6. The zero-order valence-corrected chi connectivity index (χ0v) is 17.4. The van der Waals surface area contributed by atoms with Gasteiger partial charge in [-0.15, -0.1) is 5.10 Å². The number of para-hydroxylation sites is 2. The molecule has 7 heteroatoms. The summed E-state index contributed by atoms with van der Waals surface area (Å²) in [7, 11) is 1.62. The van der Waals surface area contributed by atoms with E-state index in [1.807, 2.05) is 84.9 Å². The average Bonchev–Trinajstić information content (AvgIpc) is 3.35. The fourth-order valence-corrected chi connectivity index (χ4v) is 4.06. The Morgan fingerprint density at radius 3 is 2.39 bits per heavy atom. The van der Waals surface area contributed by atoms with Gasteiger partial charge in [-0.2, -0.15) is 9.50 Å². The minimum atomic E-state index is -0.198. The Balaban J connectivity index is 1.52. The molecule has 0 aliphatic heterocycles. The molecule has 5 aromatic rings. The van der Waals surface area contributed by atoms with Gasteiger partial charge in [0, 0.05) is 0 Å². The van der Waals surface area contributed by atoms with E-state index in [1.165, 1.54) is 15.9 Å². The lowest BCUT2D eigenvalue weighted by Gasteiger charge is -2.08. The molecule has 0 amide bonds. The smallest absolute Gasteiger partial charge is 0.291 e. The molecule has 0 atom stereocenters. The molecule has 3 aromatic carbocycles. The SMILES string of the molecule is COc1ccc(/C=c2\sc3nc(-c4ccccc4Oc4ccccc4)nn3c2=O)cc1. The van der Waals surface area contributed by atoms with Gasteiger partial charge in [-0.05, 0) is 48.0 Å². The number of hydrogen-bond donors (Lipinski definition) is 0. The highest BCUT2D eigenvalue weighted by Crippen LogP contribution is 2.31. The Kier molecular flexibility index (Phi) is 4.93. The van der Waals surface area contributed by atoms with Crippen LogP contribution in [-0.4, -0.2) is 21.7 Å². The van der Waals surface area contributed by atoms with Gasteiger partial charge in [-0.1, -0.05) is 53.8 Å². The van der Waals surface area contributed by atoms with Crippen molar-refractivity contribution in [2.75, 3.05) is 7.11 Å². The van der Waals surface area contributed by atoms with Gasteiger partial charge in [-0.3, -0.25) is 4.79 Å². The number of aromatic nitrogens is 3. The number of methoxy groups -OCH3 is 1. The van der Waals surface area contributed by atoms with Crippen molar-refractivity contribution >= 4 is 22.4 Å². The summed E-state index contributed by atoms with van der Waals surface area (Å²) in [5.74, 6) is 2.57. The van der Waals surface area contributed by atoms with Gasteiger partial charge in [0.2, 0.25) is 4.96 Å². The monoisotopic (exact) mass is 427 g/mol. The first-order chi connectivity index (χ1) is 15.2. The van der Waals surface area contributed by atoms with E-state index in [4.69, 9.17) is 9.47 Å². The maximum absolute atomic E-state index is 12.9. The molecule has 2 heterocycles. The van der Waals surface area contributed by atoms with Gasteiger partial charge in [-0.25, -0.2) is 0 Å². The van der Waals surface area contributed by atoms with Crippen molar-refractivity contribution in [3.63, 3.8) is 0 Å². The second kappa shape index (κ2) is 8.04. The molecule has 6 nitrogen and oxygen atoms in total. The lowest BCUT2D eigenvalue weighted by atomic mass is 10.2. The molecule has 0 aliphatic carbocycles. The highest BCUT2D eigenvalue weighted by molar-refractivity contribution is 7.15. The third kappa shape index (κ3) is 3.78. The molecule has 0 aliphatic rings. The second-order valence-corrected chi connectivity index (χ2v) is 7.74. The number of ether oxygens (including phenoxy) is 2. The molecule has 2 aromatic heterocycles. The fraction of sp³-hybridized carbons (Fsp3) is 0.0417. The molecule has 31 heavy (non-hydrogen) atoms. The van der Waals surface area contributed by atoms with Crippen molar-refractivity contribution in [3.8, 4) is 28.6 Å². The van der Waals surface area contributed by atoms with Crippen LogP contribution in [0, 0.1) is 0 Å². The van der Waals surface area contributed by atoms with Gasteiger partial charge >= 0.3 is 0 Å². The third-order valence-electron chi connectivity index (χ3n) is 4.69. The van der Waals surface area contributed by atoms with Crippen molar-refractivity contribution in [3.05, 3.63) is 99.3 Å². The first-order valence-electron chi connectivity index (χ1n) is 9.59. The van der Waals surface area contributed by atoms with Crippen LogP contribution < -0.4 is 19.6 Å². The summed E-state index contributed by atoms with van der Waals surface area (Å²) >= 11 is 1.30. The summed E-state index contributed by atoms with van der Waals surface area (Å²) in [4.78, 5) is 18.0. The first-order valence-corrected chi connectivity index (χ1v) is 10.4. The lowest BCUT2D eigenvalue weighted by molar-refractivity contribution is 0.415. The van der Waals surface area contributed by atoms with Crippen molar-refractivity contribution < 1.29 is 9.47 Å². The Morgan fingerprint density at radius 2 is 1.65 bits per heavy atom. The Morgan fingerprint density at radius 1 is 0.903 bits per heavy atom. The molecule has 0 saturated heterocycles. The number of nitrogens with zero attached hydrogens (tertiary/aromatic N) is 3. The van der Waals surface area contributed by atoms with Crippen LogP contribution in [0.4, 0.5) is 0 Å². The Bertz CT molecular complexity index is 1460. The van der Waals surface area contributed by atoms with E-state index >= 15 is 0 Å². The Labute approximate surface area is 181 Å². The molecule has 0 fully saturated rings. The highest BCUT2D eigenvalue weighted by Gasteiger charge is 2.15. The number of hydrogen-bond acceptors (Lipinski definition) is 6. The standard InChI is InChI=1S/C24H17N3O3S/c1-29-17-13-11-16(12-14-17)15-21-23(28)27-24(31-21)25-22(26-27)19-9-5-6-10-20(19)30-18-7-3-2-4-8-18/h2-15H,1H3/b21-15-. The van der Waals surface area contributed by atoms with Gasteiger partial charge in [0.25, 0.3) is 5.56 Å². The summed E-state index contributed by atoms with van der Waals surface area (Å²) < 4.78 is 13.1. The van der Waals surface area contributed by atoms with E-state index in [9.17, 15) is 4.79 Å². The van der Waals surface area contributed by atoms with Gasteiger partial charge < -0.3 is 9.47 Å². The van der Waals surface area contributed by atoms with Crippen LogP contribution in [0.25, 0.3) is 22.4 Å². The molecule has 5 rings (SSSR count). The fourth-order valence-electron chi connectivity index (χ4n) is 3.16. The average molecular weight is 427 g/mol.